The summed E-state index contributed by atoms with van der Waals surface area (Å²) in [4.78, 5) is 25.2. The Hall–Kier alpha value is -3.93. The average molecular weight is 458 g/mol. The Kier molecular flexibility index (Phi) is 8.57. The smallest absolute Gasteiger partial charge is 0.262 e. The molecule has 1 unspecified atom stereocenters. The molecule has 0 bridgehead atoms. The van der Waals surface area contributed by atoms with E-state index < -0.39 is 6.04 Å². The van der Waals surface area contributed by atoms with Gasteiger partial charge in [0.1, 0.15) is 18.4 Å². The molecule has 176 valence electrons. The van der Waals surface area contributed by atoms with Gasteiger partial charge in [-0.15, -0.1) is 0 Å². The highest BCUT2D eigenvalue weighted by Crippen LogP contribution is 2.14. The number of nitrogens with zero attached hydrogens (tertiary/aromatic N) is 1. The zero-order valence-corrected chi connectivity index (χ0v) is 20.0. The van der Waals surface area contributed by atoms with Crippen LogP contribution in [0.2, 0.25) is 0 Å². The van der Waals surface area contributed by atoms with Crippen molar-refractivity contribution in [3.8, 4) is 5.75 Å². The zero-order valence-electron chi connectivity index (χ0n) is 20.0. The third-order valence-electron chi connectivity index (χ3n) is 5.31. The van der Waals surface area contributed by atoms with Crippen molar-refractivity contribution >= 4 is 18.0 Å². The first kappa shape index (κ1) is 24.7. The summed E-state index contributed by atoms with van der Waals surface area (Å²) in [5.74, 6) is -0.0142. The molecule has 0 aliphatic carbocycles. The summed E-state index contributed by atoms with van der Waals surface area (Å²) in [6, 6.07) is 22.1. The van der Waals surface area contributed by atoms with Crippen LogP contribution in [0.4, 0.5) is 0 Å². The second-order valence-electron chi connectivity index (χ2n) is 8.64. The number of carbonyl (C=O) groups is 2. The van der Waals surface area contributed by atoms with Crippen molar-refractivity contribution in [1.82, 2.24) is 10.7 Å². The second-order valence-corrected chi connectivity index (χ2v) is 8.64. The lowest BCUT2D eigenvalue weighted by molar-refractivity contribution is -0.123. The maximum atomic E-state index is 12.6. The normalized spacial score (nSPS) is 11.9. The Bertz CT molecular complexity index is 1140. The van der Waals surface area contributed by atoms with Gasteiger partial charge < -0.3 is 10.1 Å². The molecule has 0 aliphatic heterocycles. The van der Waals surface area contributed by atoms with Crippen LogP contribution in [-0.4, -0.2) is 24.1 Å². The first-order valence-electron chi connectivity index (χ1n) is 11.3. The van der Waals surface area contributed by atoms with Crippen LogP contribution in [0.25, 0.3) is 0 Å². The molecule has 0 saturated carbocycles. The van der Waals surface area contributed by atoms with Gasteiger partial charge in [0.05, 0.1) is 6.21 Å². The number of hydrogen-bond donors (Lipinski definition) is 2. The van der Waals surface area contributed by atoms with Gasteiger partial charge in [0.15, 0.2) is 0 Å². The summed E-state index contributed by atoms with van der Waals surface area (Å²) in [6.45, 7) is 8.25. The van der Waals surface area contributed by atoms with Crippen molar-refractivity contribution < 1.29 is 14.3 Å². The Labute approximate surface area is 201 Å². The van der Waals surface area contributed by atoms with Crippen molar-refractivity contribution in [3.05, 3.63) is 101 Å². The van der Waals surface area contributed by atoms with E-state index in [-0.39, 0.29) is 17.7 Å². The Morgan fingerprint density at radius 1 is 0.941 bits per heavy atom. The number of nitrogens with one attached hydrogen (secondary N) is 2. The fourth-order valence-corrected chi connectivity index (χ4v) is 3.32. The van der Waals surface area contributed by atoms with E-state index in [0.717, 1.165) is 22.4 Å². The number of rotatable bonds is 9. The summed E-state index contributed by atoms with van der Waals surface area (Å²) >= 11 is 0. The summed E-state index contributed by atoms with van der Waals surface area (Å²) in [5, 5.41) is 6.85. The highest BCUT2D eigenvalue weighted by atomic mass is 16.5. The van der Waals surface area contributed by atoms with Crippen LogP contribution in [0, 0.1) is 19.8 Å². The molecule has 0 aliphatic rings. The van der Waals surface area contributed by atoms with Crippen LogP contribution in [0.5, 0.6) is 5.75 Å². The molecule has 0 heterocycles. The Morgan fingerprint density at radius 3 is 2.29 bits per heavy atom. The molecule has 3 aromatic carbocycles. The van der Waals surface area contributed by atoms with Crippen LogP contribution in [0.3, 0.4) is 0 Å². The van der Waals surface area contributed by atoms with E-state index >= 15 is 0 Å². The van der Waals surface area contributed by atoms with Gasteiger partial charge in [-0.25, -0.2) is 5.43 Å². The molecular formula is C28H31N3O3. The molecule has 3 rings (SSSR count). The molecule has 6 heteroatoms. The molecule has 34 heavy (non-hydrogen) atoms. The van der Waals surface area contributed by atoms with E-state index in [0.29, 0.717) is 12.2 Å². The van der Waals surface area contributed by atoms with Crippen LogP contribution in [0.1, 0.15) is 46.5 Å². The molecule has 6 nitrogen and oxygen atoms in total. The lowest BCUT2D eigenvalue weighted by Crippen LogP contribution is -2.48. The topological polar surface area (TPSA) is 79.8 Å². The summed E-state index contributed by atoms with van der Waals surface area (Å²) in [7, 11) is 0. The van der Waals surface area contributed by atoms with E-state index in [1.165, 1.54) is 5.56 Å². The molecule has 0 fully saturated rings. The fourth-order valence-electron chi connectivity index (χ4n) is 3.32. The minimum absolute atomic E-state index is 0.102. The number of aryl methyl sites for hydroxylation is 2. The second kappa shape index (κ2) is 11.8. The number of ether oxygens (including phenoxy) is 1. The van der Waals surface area contributed by atoms with Gasteiger partial charge in [0.25, 0.3) is 11.8 Å². The maximum absolute atomic E-state index is 12.6. The van der Waals surface area contributed by atoms with Crippen molar-refractivity contribution in [2.75, 3.05) is 0 Å². The van der Waals surface area contributed by atoms with Gasteiger partial charge in [0.2, 0.25) is 0 Å². The SMILES string of the molecule is Cc1ccc(C(=O)NC(C(=O)N/N=C\c2ccc(OCc3cccc(C)c3)cc2)C(C)C)cc1. The van der Waals surface area contributed by atoms with Gasteiger partial charge in [0, 0.05) is 5.56 Å². The van der Waals surface area contributed by atoms with E-state index in [1.54, 1.807) is 18.3 Å². The minimum Gasteiger partial charge on any atom is -0.489 e. The fraction of sp³-hybridized carbons (Fsp3) is 0.250. The molecule has 1 atom stereocenters. The summed E-state index contributed by atoms with van der Waals surface area (Å²) in [5.41, 5.74) is 7.23. The van der Waals surface area contributed by atoms with E-state index in [4.69, 9.17) is 4.74 Å². The quantitative estimate of drug-likeness (QED) is 0.358. The van der Waals surface area contributed by atoms with Crippen molar-refractivity contribution in [3.63, 3.8) is 0 Å². The van der Waals surface area contributed by atoms with Crippen LogP contribution >= 0.6 is 0 Å². The van der Waals surface area contributed by atoms with E-state index in [2.05, 4.69) is 34.9 Å². The van der Waals surface area contributed by atoms with Crippen LogP contribution < -0.4 is 15.5 Å². The zero-order chi connectivity index (χ0) is 24.5. The van der Waals surface area contributed by atoms with Crippen molar-refractivity contribution in [2.45, 2.75) is 40.3 Å². The lowest BCUT2D eigenvalue weighted by Gasteiger charge is -2.20. The third-order valence-corrected chi connectivity index (χ3v) is 5.31. The highest BCUT2D eigenvalue weighted by Gasteiger charge is 2.24. The molecule has 0 aromatic heterocycles. The molecule has 2 N–H and O–H groups in total. The molecule has 0 spiro atoms. The van der Waals surface area contributed by atoms with E-state index in [1.807, 2.05) is 69.3 Å². The number of hydrogen-bond acceptors (Lipinski definition) is 4. The Balaban J connectivity index is 1.52. The van der Waals surface area contributed by atoms with E-state index in [9.17, 15) is 9.59 Å². The number of benzene rings is 3. The summed E-state index contributed by atoms with van der Waals surface area (Å²) in [6.07, 6.45) is 1.56. The highest BCUT2D eigenvalue weighted by molar-refractivity contribution is 5.97. The molecule has 0 radical (unpaired) electrons. The predicted octanol–water partition coefficient (Wildman–Crippen LogP) is 4.79. The minimum atomic E-state index is -0.705. The van der Waals surface area contributed by atoms with Crippen LogP contribution in [-0.2, 0) is 11.4 Å². The largest absolute Gasteiger partial charge is 0.489 e. The first-order chi connectivity index (χ1) is 16.3. The third kappa shape index (κ3) is 7.30. The van der Waals surface area contributed by atoms with Crippen LogP contribution in [0.15, 0.2) is 77.9 Å². The van der Waals surface area contributed by atoms with Gasteiger partial charge in [-0.1, -0.05) is 61.4 Å². The average Bonchev–Trinajstić information content (AvgIpc) is 2.82. The summed E-state index contributed by atoms with van der Waals surface area (Å²) < 4.78 is 5.83. The van der Waals surface area contributed by atoms with Gasteiger partial charge in [-0.2, -0.15) is 5.10 Å². The van der Waals surface area contributed by atoms with Gasteiger partial charge in [-0.05, 0) is 67.3 Å². The molecular weight excluding hydrogens is 426 g/mol. The first-order valence-corrected chi connectivity index (χ1v) is 11.3. The molecule has 3 aromatic rings. The monoisotopic (exact) mass is 457 g/mol. The number of hydrazone groups is 1. The van der Waals surface area contributed by atoms with Crippen molar-refractivity contribution in [2.24, 2.45) is 11.0 Å². The van der Waals surface area contributed by atoms with Gasteiger partial charge >= 0.3 is 0 Å². The molecule has 0 saturated heterocycles. The number of amides is 2. The maximum Gasteiger partial charge on any atom is 0.262 e. The standard InChI is InChI=1S/C28H31N3O3/c1-19(2)26(30-27(32)24-12-8-20(3)9-13-24)28(33)31-29-17-22-10-14-25(15-11-22)34-18-23-7-5-6-21(4)16-23/h5-17,19,26H,18H2,1-4H3,(H,30,32)(H,31,33)/b29-17-. The predicted molar refractivity (Wildman–Crippen MR) is 135 cm³/mol. The Morgan fingerprint density at radius 2 is 1.65 bits per heavy atom. The van der Waals surface area contributed by atoms with Crippen molar-refractivity contribution in [1.29, 1.82) is 0 Å². The van der Waals surface area contributed by atoms with Gasteiger partial charge in [-0.3, -0.25) is 9.59 Å². The lowest BCUT2D eigenvalue weighted by atomic mass is 10.0. The molecule has 2 amide bonds. The number of carbonyl (C=O) groups excluding carboxylic acids is 2.